The van der Waals surface area contributed by atoms with Gasteiger partial charge in [-0.15, -0.1) is 0 Å². The molecule has 31 heavy (non-hydrogen) atoms. The summed E-state index contributed by atoms with van der Waals surface area (Å²) < 4.78 is 11.2. The van der Waals surface area contributed by atoms with E-state index in [-0.39, 0.29) is 11.9 Å². The van der Waals surface area contributed by atoms with Gasteiger partial charge in [-0.05, 0) is 67.6 Å². The maximum absolute atomic E-state index is 12.6. The van der Waals surface area contributed by atoms with Crippen molar-refractivity contribution in [3.05, 3.63) is 78.9 Å². The minimum atomic E-state index is -0.389. The summed E-state index contributed by atoms with van der Waals surface area (Å²) in [6, 6.07) is 24.7. The summed E-state index contributed by atoms with van der Waals surface area (Å²) in [5.74, 6) is 1.44. The van der Waals surface area contributed by atoms with Crippen LogP contribution in [0.3, 0.4) is 0 Å². The molecule has 3 aromatic rings. The van der Waals surface area contributed by atoms with Crippen LogP contribution in [-0.2, 0) is 9.53 Å². The number of nitrogens with one attached hydrogen (secondary N) is 2. The predicted octanol–water partition coefficient (Wildman–Crippen LogP) is 4.75. The number of amides is 1. The van der Waals surface area contributed by atoms with Crippen LogP contribution in [0, 0.1) is 0 Å². The molecule has 0 aromatic heterocycles. The molecule has 6 nitrogen and oxygen atoms in total. The normalized spacial score (nSPS) is 14.5. The van der Waals surface area contributed by atoms with E-state index >= 15 is 0 Å². The van der Waals surface area contributed by atoms with E-state index < -0.39 is 0 Å². The number of para-hydroxylation sites is 1. The standard InChI is InChI=1S/C25H27N3O3/c1-19(26-20-9-13-24(14-10-20)31-23-5-3-2-4-6-23)25(29)27-21-7-11-22(12-8-21)28-15-17-30-18-16-28/h2-14,19,26H,15-18H2,1H3,(H,27,29). The molecule has 1 aliphatic rings. The van der Waals surface area contributed by atoms with Gasteiger partial charge >= 0.3 is 0 Å². The second kappa shape index (κ2) is 10.00. The summed E-state index contributed by atoms with van der Waals surface area (Å²) in [6.45, 7) is 5.12. The highest BCUT2D eigenvalue weighted by Gasteiger charge is 2.14. The number of hydrogen-bond donors (Lipinski definition) is 2. The number of hydrogen-bond acceptors (Lipinski definition) is 5. The van der Waals surface area contributed by atoms with Gasteiger partial charge in [-0.1, -0.05) is 18.2 Å². The molecular weight excluding hydrogens is 390 g/mol. The quantitative estimate of drug-likeness (QED) is 0.581. The summed E-state index contributed by atoms with van der Waals surface area (Å²) in [7, 11) is 0. The fraction of sp³-hybridized carbons (Fsp3) is 0.240. The Kier molecular flexibility index (Phi) is 6.69. The summed E-state index contributed by atoms with van der Waals surface area (Å²) in [6.07, 6.45) is 0. The number of ether oxygens (including phenoxy) is 2. The van der Waals surface area contributed by atoms with Crippen LogP contribution < -0.4 is 20.3 Å². The highest BCUT2D eigenvalue weighted by Crippen LogP contribution is 2.23. The average Bonchev–Trinajstić information content (AvgIpc) is 2.82. The fourth-order valence-corrected chi connectivity index (χ4v) is 3.39. The SMILES string of the molecule is CC(Nc1ccc(Oc2ccccc2)cc1)C(=O)Nc1ccc(N2CCOCC2)cc1. The minimum absolute atomic E-state index is 0.0938. The van der Waals surface area contributed by atoms with Crippen molar-refractivity contribution in [2.75, 3.05) is 41.8 Å². The number of nitrogens with zero attached hydrogens (tertiary/aromatic N) is 1. The molecule has 0 saturated carbocycles. The number of carbonyl (C=O) groups excluding carboxylic acids is 1. The Morgan fingerprint density at radius 2 is 1.48 bits per heavy atom. The van der Waals surface area contributed by atoms with Crippen molar-refractivity contribution in [2.24, 2.45) is 0 Å². The molecule has 2 N–H and O–H groups in total. The van der Waals surface area contributed by atoms with Gasteiger partial charge < -0.3 is 25.0 Å². The molecule has 0 bridgehead atoms. The molecule has 1 fully saturated rings. The first kappa shape index (κ1) is 20.8. The lowest BCUT2D eigenvalue weighted by atomic mass is 10.2. The Bertz CT molecular complexity index is 969. The second-order valence-electron chi connectivity index (χ2n) is 7.44. The molecule has 1 aliphatic heterocycles. The molecule has 1 unspecified atom stereocenters. The van der Waals surface area contributed by atoms with Crippen molar-refractivity contribution in [1.29, 1.82) is 0 Å². The van der Waals surface area contributed by atoms with Crippen LogP contribution in [0.1, 0.15) is 6.92 Å². The Labute approximate surface area is 182 Å². The Morgan fingerprint density at radius 1 is 0.871 bits per heavy atom. The molecule has 3 aromatic carbocycles. The zero-order chi connectivity index (χ0) is 21.5. The second-order valence-corrected chi connectivity index (χ2v) is 7.44. The lowest BCUT2D eigenvalue weighted by Crippen LogP contribution is -2.36. The molecule has 0 spiro atoms. The van der Waals surface area contributed by atoms with E-state index in [0.29, 0.717) is 0 Å². The van der Waals surface area contributed by atoms with Crippen molar-refractivity contribution >= 4 is 23.0 Å². The molecule has 1 atom stereocenters. The summed E-state index contributed by atoms with van der Waals surface area (Å²) in [5, 5.41) is 6.19. The Balaban J connectivity index is 1.29. The molecule has 0 radical (unpaired) electrons. The third-order valence-corrected chi connectivity index (χ3v) is 5.12. The van der Waals surface area contributed by atoms with Crippen LogP contribution in [0.15, 0.2) is 78.9 Å². The van der Waals surface area contributed by atoms with Gasteiger partial charge in [0, 0.05) is 30.2 Å². The van der Waals surface area contributed by atoms with Crippen LogP contribution >= 0.6 is 0 Å². The van der Waals surface area contributed by atoms with E-state index in [1.807, 2.05) is 85.8 Å². The van der Waals surface area contributed by atoms with Crippen molar-refractivity contribution in [3.63, 3.8) is 0 Å². The minimum Gasteiger partial charge on any atom is -0.457 e. The summed E-state index contributed by atoms with van der Waals surface area (Å²) in [5.41, 5.74) is 2.78. The van der Waals surface area contributed by atoms with Crippen molar-refractivity contribution in [1.82, 2.24) is 0 Å². The Morgan fingerprint density at radius 3 is 2.16 bits per heavy atom. The van der Waals surface area contributed by atoms with E-state index in [4.69, 9.17) is 9.47 Å². The third-order valence-electron chi connectivity index (χ3n) is 5.12. The van der Waals surface area contributed by atoms with Gasteiger partial charge in [-0.2, -0.15) is 0 Å². The maximum atomic E-state index is 12.6. The molecular formula is C25H27N3O3. The number of morpholine rings is 1. The lowest BCUT2D eigenvalue weighted by molar-refractivity contribution is -0.116. The van der Waals surface area contributed by atoms with Gasteiger partial charge in [0.15, 0.2) is 0 Å². The molecule has 6 heteroatoms. The summed E-state index contributed by atoms with van der Waals surface area (Å²) in [4.78, 5) is 14.9. The first-order valence-electron chi connectivity index (χ1n) is 10.5. The zero-order valence-corrected chi connectivity index (χ0v) is 17.6. The van der Waals surface area contributed by atoms with Crippen molar-refractivity contribution < 1.29 is 14.3 Å². The number of carbonyl (C=O) groups is 1. The van der Waals surface area contributed by atoms with E-state index in [1.54, 1.807) is 0 Å². The zero-order valence-electron chi connectivity index (χ0n) is 17.6. The van der Waals surface area contributed by atoms with E-state index in [1.165, 1.54) is 0 Å². The molecule has 0 aliphatic carbocycles. The van der Waals surface area contributed by atoms with Gasteiger partial charge in [-0.3, -0.25) is 4.79 Å². The first-order valence-corrected chi connectivity index (χ1v) is 10.5. The maximum Gasteiger partial charge on any atom is 0.246 e. The van der Waals surface area contributed by atoms with Gasteiger partial charge in [0.25, 0.3) is 0 Å². The molecule has 4 rings (SSSR count). The Hall–Kier alpha value is -3.51. The smallest absolute Gasteiger partial charge is 0.246 e. The molecule has 1 saturated heterocycles. The highest BCUT2D eigenvalue weighted by molar-refractivity contribution is 5.96. The lowest BCUT2D eigenvalue weighted by Gasteiger charge is -2.29. The fourth-order valence-electron chi connectivity index (χ4n) is 3.39. The first-order chi connectivity index (χ1) is 15.2. The van der Waals surface area contributed by atoms with Gasteiger partial charge in [0.1, 0.15) is 17.5 Å². The number of benzene rings is 3. The summed E-state index contributed by atoms with van der Waals surface area (Å²) >= 11 is 0. The van der Waals surface area contributed by atoms with Gasteiger partial charge in [-0.25, -0.2) is 0 Å². The third kappa shape index (κ3) is 5.77. The molecule has 160 valence electrons. The van der Waals surface area contributed by atoms with Crippen LogP contribution in [0.5, 0.6) is 11.5 Å². The van der Waals surface area contributed by atoms with Gasteiger partial charge in [0.2, 0.25) is 5.91 Å². The van der Waals surface area contributed by atoms with Crippen LogP contribution in [0.4, 0.5) is 17.1 Å². The molecule has 1 amide bonds. The monoisotopic (exact) mass is 417 g/mol. The number of anilines is 3. The average molecular weight is 418 g/mol. The largest absolute Gasteiger partial charge is 0.457 e. The van der Waals surface area contributed by atoms with E-state index in [0.717, 1.165) is 54.9 Å². The van der Waals surface area contributed by atoms with Crippen LogP contribution in [0.2, 0.25) is 0 Å². The van der Waals surface area contributed by atoms with Crippen LogP contribution in [-0.4, -0.2) is 38.3 Å². The number of rotatable bonds is 7. The van der Waals surface area contributed by atoms with E-state index in [2.05, 4.69) is 15.5 Å². The van der Waals surface area contributed by atoms with Crippen LogP contribution in [0.25, 0.3) is 0 Å². The topological polar surface area (TPSA) is 62.8 Å². The van der Waals surface area contributed by atoms with E-state index in [9.17, 15) is 4.79 Å². The van der Waals surface area contributed by atoms with Crippen molar-refractivity contribution in [2.45, 2.75) is 13.0 Å². The molecule has 1 heterocycles. The van der Waals surface area contributed by atoms with Gasteiger partial charge in [0.05, 0.1) is 13.2 Å². The van der Waals surface area contributed by atoms with Crippen molar-refractivity contribution in [3.8, 4) is 11.5 Å². The predicted molar refractivity (Wildman–Crippen MR) is 124 cm³/mol. The highest BCUT2D eigenvalue weighted by atomic mass is 16.5.